The highest BCUT2D eigenvalue weighted by Gasteiger charge is 2.15. The predicted molar refractivity (Wildman–Crippen MR) is 87.6 cm³/mol. The second-order valence-corrected chi connectivity index (χ2v) is 6.47. The summed E-state index contributed by atoms with van der Waals surface area (Å²) in [4.78, 5) is 4.43. The van der Waals surface area contributed by atoms with Gasteiger partial charge in [-0.1, -0.05) is 0 Å². The van der Waals surface area contributed by atoms with E-state index in [0.717, 1.165) is 40.6 Å². The Morgan fingerprint density at radius 2 is 2.32 bits per heavy atom. The summed E-state index contributed by atoms with van der Waals surface area (Å²) in [5, 5.41) is 6.81. The number of aryl methyl sites for hydroxylation is 1. The highest BCUT2D eigenvalue weighted by molar-refractivity contribution is 9.11. The average molecular weight is 409 g/mol. The summed E-state index contributed by atoms with van der Waals surface area (Å²) in [5.41, 5.74) is 0.910. The van der Waals surface area contributed by atoms with Crippen LogP contribution in [0.1, 0.15) is 18.5 Å². The Kier molecular flexibility index (Phi) is 5.56. The highest BCUT2D eigenvalue weighted by Crippen LogP contribution is 2.26. The van der Waals surface area contributed by atoms with Crippen LogP contribution in [0.3, 0.4) is 0 Å². The minimum atomic E-state index is 0.266. The Hall–Kier alpha value is -0.240. The van der Waals surface area contributed by atoms with Crippen LogP contribution in [0.2, 0.25) is 0 Å². The standard InChI is InChI=1S/C12H15Br2N3OS/c1-7-9(13)5-10(14)11(16-7)17-12(19)15-6-8-3-2-4-18-8/h5,8H,2-4,6H2,1H3,(H2,15,16,17,19). The van der Waals surface area contributed by atoms with Crippen LogP contribution in [-0.2, 0) is 4.74 Å². The van der Waals surface area contributed by atoms with E-state index in [1.807, 2.05) is 13.0 Å². The molecular weight excluding hydrogens is 394 g/mol. The number of aromatic nitrogens is 1. The first-order chi connectivity index (χ1) is 9.06. The van der Waals surface area contributed by atoms with E-state index >= 15 is 0 Å². The van der Waals surface area contributed by atoms with Gasteiger partial charge in [0, 0.05) is 17.6 Å². The fraction of sp³-hybridized carbons (Fsp3) is 0.500. The first kappa shape index (κ1) is 15.2. The maximum atomic E-state index is 5.53. The molecule has 4 nitrogen and oxygen atoms in total. The van der Waals surface area contributed by atoms with Gasteiger partial charge in [-0.05, 0) is 69.9 Å². The molecule has 7 heteroatoms. The van der Waals surface area contributed by atoms with Crippen molar-refractivity contribution in [2.24, 2.45) is 0 Å². The molecule has 1 aromatic heterocycles. The van der Waals surface area contributed by atoms with Crippen molar-refractivity contribution in [2.45, 2.75) is 25.9 Å². The van der Waals surface area contributed by atoms with Gasteiger partial charge >= 0.3 is 0 Å². The number of hydrogen-bond donors (Lipinski definition) is 2. The molecule has 1 unspecified atom stereocenters. The third-order valence-corrected chi connectivity index (χ3v) is 4.50. The summed E-state index contributed by atoms with van der Waals surface area (Å²) in [6.07, 6.45) is 2.49. The second-order valence-electron chi connectivity index (χ2n) is 4.36. The van der Waals surface area contributed by atoms with Gasteiger partial charge in [0.25, 0.3) is 0 Å². The molecule has 0 spiro atoms. The fourth-order valence-electron chi connectivity index (χ4n) is 1.81. The number of anilines is 1. The number of nitrogens with one attached hydrogen (secondary N) is 2. The zero-order valence-corrected chi connectivity index (χ0v) is 14.5. The number of thiocarbonyl (C=S) groups is 1. The predicted octanol–water partition coefficient (Wildman–Crippen LogP) is 3.38. The summed E-state index contributed by atoms with van der Waals surface area (Å²) in [6, 6.07) is 1.95. The van der Waals surface area contributed by atoms with Gasteiger partial charge in [0.1, 0.15) is 5.82 Å². The summed E-state index contributed by atoms with van der Waals surface area (Å²) in [5.74, 6) is 0.713. The molecule has 1 atom stereocenters. The highest BCUT2D eigenvalue weighted by atomic mass is 79.9. The molecule has 0 radical (unpaired) electrons. The molecule has 0 aliphatic carbocycles. The zero-order chi connectivity index (χ0) is 13.8. The summed E-state index contributed by atoms with van der Waals surface area (Å²) in [7, 11) is 0. The Labute approximate surface area is 135 Å². The topological polar surface area (TPSA) is 46.2 Å². The zero-order valence-electron chi connectivity index (χ0n) is 10.5. The van der Waals surface area contributed by atoms with E-state index in [9.17, 15) is 0 Å². The van der Waals surface area contributed by atoms with Crippen molar-refractivity contribution < 1.29 is 4.74 Å². The Morgan fingerprint density at radius 1 is 1.53 bits per heavy atom. The molecule has 0 amide bonds. The quantitative estimate of drug-likeness (QED) is 0.750. The maximum absolute atomic E-state index is 5.53. The van der Waals surface area contributed by atoms with Crippen LogP contribution in [0.4, 0.5) is 5.82 Å². The molecule has 1 aliphatic rings. The van der Waals surface area contributed by atoms with Gasteiger partial charge < -0.3 is 15.4 Å². The molecule has 0 saturated carbocycles. The van der Waals surface area contributed by atoms with E-state index in [-0.39, 0.29) is 6.10 Å². The van der Waals surface area contributed by atoms with Gasteiger partial charge in [-0.15, -0.1) is 0 Å². The number of ether oxygens (including phenoxy) is 1. The minimum absolute atomic E-state index is 0.266. The van der Waals surface area contributed by atoms with Crippen molar-refractivity contribution in [3.05, 3.63) is 20.7 Å². The van der Waals surface area contributed by atoms with E-state index in [4.69, 9.17) is 17.0 Å². The summed E-state index contributed by atoms with van der Waals surface area (Å²) >= 11 is 12.2. The van der Waals surface area contributed by atoms with Gasteiger partial charge in [0.05, 0.1) is 16.3 Å². The van der Waals surface area contributed by atoms with Crippen LogP contribution in [0.25, 0.3) is 0 Å². The number of nitrogens with zero attached hydrogens (tertiary/aromatic N) is 1. The molecule has 1 fully saturated rings. The lowest BCUT2D eigenvalue weighted by Crippen LogP contribution is -2.35. The number of hydrogen-bond acceptors (Lipinski definition) is 3. The smallest absolute Gasteiger partial charge is 0.172 e. The molecule has 2 rings (SSSR count). The number of halogens is 2. The van der Waals surface area contributed by atoms with Crippen LogP contribution in [-0.4, -0.2) is 29.4 Å². The maximum Gasteiger partial charge on any atom is 0.172 e. The molecule has 2 heterocycles. The van der Waals surface area contributed by atoms with Crippen LogP contribution < -0.4 is 10.6 Å². The number of pyridine rings is 1. The van der Waals surface area contributed by atoms with Crippen molar-refractivity contribution in [2.75, 3.05) is 18.5 Å². The van der Waals surface area contributed by atoms with Crippen molar-refractivity contribution in [3.8, 4) is 0 Å². The molecule has 0 bridgehead atoms. The van der Waals surface area contributed by atoms with Gasteiger partial charge in [0.2, 0.25) is 0 Å². The largest absolute Gasteiger partial charge is 0.376 e. The molecule has 1 aromatic rings. The third kappa shape index (κ3) is 4.37. The molecule has 1 saturated heterocycles. The first-order valence-corrected chi connectivity index (χ1v) is 8.05. The Balaban J connectivity index is 1.89. The molecule has 104 valence electrons. The average Bonchev–Trinajstić information content (AvgIpc) is 2.86. The van der Waals surface area contributed by atoms with Gasteiger partial charge in [-0.3, -0.25) is 0 Å². The normalized spacial score (nSPS) is 18.4. The number of rotatable bonds is 3. The van der Waals surface area contributed by atoms with Crippen molar-refractivity contribution in [3.63, 3.8) is 0 Å². The van der Waals surface area contributed by atoms with Gasteiger partial charge in [-0.2, -0.15) is 0 Å². The SMILES string of the molecule is Cc1nc(NC(=S)NCC2CCCO2)c(Br)cc1Br. The van der Waals surface area contributed by atoms with Crippen LogP contribution in [0.15, 0.2) is 15.0 Å². The van der Waals surface area contributed by atoms with E-state index in [0.29, 0.717) is 10.9 Å². The van der Waals surface area contributed by atoms with E-state index < -0.39 is 0 Å². The van der Waals surface area contributed by atoms with Crippen molar-refractivity contribution >= 4 is 55.0 Å². The summed E-state index contributed by atoms with van der Waals surface area (Å²) in [6.45, 7) is 3.52. The Morgan fingerprint density at radius 3 is 3.00 bits per heavy atom. The molecule has 2 N–H and O–H groups in total. The molecule has 19 heavy (non-hydrogen) atoms. The lowest BCUT2D eigenvalue weighted by Gasteiger charge is -2.14. The first-order valence-electron chi connectivity index (χ1n) is 6.05. The third-order valence-electron chi connectivity index (χ3n) is 2.85. The molecule has 0 aromatic carbocycles. The van der Waals surface area contributed by atoms with E-state index in [2.05, 4.69) is 47.5 Å². The monoisotopic (exact) mass is 407 g/mol. The molecule has 1 aliphatic heterocycles. The van der Waals surface area contributed by atoms with E-state index in [1.165, 1.54) is 0 Å². The van der Waals surface area contributed by atoms with E-state index in [1.54, 1.807) is 0 Å². The van der Waals surface area contributed by atoms with Crippen LogP contribution in [0, 0.1) is 6.92 Å². The van der Waals surface area contributed by atoms with Gasteiger partial charge in [0.15, 0.2) is 5.11 Å². The van der Waals surface area contributed by atoms with Crippen molar-refractivity contribution in [1.82, 2.24) is 10.3 Å². The lowest BCUT2D eigenvalue weighted by atomic mass is 10.2. The second kappa shape index (κ2) is 6.97. The minimum Gasteiger partial charge on any atom is -0.376 e. The lowest BCUT2D eigenvalue weighted by molar-refractivity contribution is 0.114. The summed E-state index contributed by atoms with van der Waals surface area (Å²) < 4.78 is 7.36. The fourth-order valence-corrected chi connectivity index (χ4v) is 3.03. The van der Waals surface area contributed by atoms with Crippen LogP contribution in [0.5, 0.6) is 0 Å². The van der Waals surface area contributed by atoms with Gasteiger partial charge in [-0.25, -0.2) is 4.98 Å². The van der Waals surface area contributed by atoms with Crippen molar-refractivity contribution in [1.29, 1.82) is 0 Å². The Bertz CT molecular complexity index is 478. The molecular formula is C12H15Br2N3OS. The van der Waals surface area contributed by atoms with Crippen LogP contribution >= 0.6 is 44.1 Å².